The third-order valence-electron chi connectivity index (χ3n) is 3.11. The smallest absolute Gasteiger partial charge is 0.330 e. The fourth-order valence-corrected chi connectivity index (χ4v) is 2.11. The lowest BCUT2D eigenvalue weighted by Gasteiger charge is -2.06. The molecule has 2 heteroatoms. The molecule has 0 aromatic heterocycles. The molecule has 1 N–H and O–H groups in total. The summed E-state index contributed by atoms with van der Waals surface area (Å²) in [5, 5.41) is 11.2. The Kier molecular flexibility index (Phi) is 3.78. The van der Waals surface area contributed by atoms with Gasteiger partial charge < -0.3 is 5.11 Å². The van der Waals surface area contributed by atoms with Crippen molar-refractivity contribution in [1.29, 1.82) is 0 Å². The van der Waals surface area contributed by atoms with Crippen molar-refractivity contribution in [2.75, 3.05) is 0 Å². The standard InChI is InChI=1S/C16H16O2/c1-12(16(17)18)6-4-8-14-10-5-9-13-7-2-3-11-15(13)14/h2-3,5,7,9-11H,1,4,6,8H2,(H,17,18). The molecule has 18 heavy (non-hydrogen) atoms. The normalized spacial score (nSPS) is 10.4. The van der Waals surface area contributed by atoms with Crippen LogP contribution < -0.4 is 0 Å². The van der Waals surface area contributed by atoms with Crippen LogP contribution in [0.5, 0.6) is 0 Å². The van der Waals surface area contributed by atoms with Crippen LogP contribution in [0.25, 0.3) is 10.8 Å². The van der Waals surface area contributed by atoms with Gasteiger partial charge in [-0.05, 0) is 35.6 Å². The molecule has 0 heterocycles. The van der Waals surface area contributed by atoms with E-state index < -0.39 is 5.97 Å². The van der Waals surface area contributed by atoms with E-state index in [4.69, 9.17) is 5.11 Å². The van der Waals surface area contributed by atoms with E-state index in [2.05, 4.69) is 30.8 Å². The van der Waals surface area contributed by atoms with E-state index in [9.17, 15) is 4.79 Å². The third-order valence-corrected chi connectivity index (χ3v) is 3.11. The number of hydrogen-bond acceptors (Lipinski definition) is 1. The average Bonchev–Trinajstić information content (AvgIpc) is 2.38. The molecule has 0 saturated heterocycles. The van der Waals surface area contributed by atoms with Crippen molar-refractivity contribution in [2.45, 2.75) is 19.3 Å². The molecule has 2 aromatic carbocycles. The van der Waals surface area contributed by atoms with Gasteiger partial charge in [0.1, 0.15) is 0 Å². The minimum Gasteiger partial charge on any atom is -0.478 e. The molecule has 0 aliphatic heterocycles. The Bertz CT molecular complexity index is 579. The summed E-state index contributed by atoms with van der Waals surface area (Å²) in [6.45, 7) is 3.55. The SMILES string of the molecule is C=C(CCCc1cccc2ccccc12)C(=O)O. The number of carbonyl (C=O) groups is 1. The number of benzene rings is 2. The fraction of sp³-hybridized carbons (Fsp3) is 0.188. The van der Waals surface area contributed by atoms with Crippen molar-refractivity contribution in [3.05, 3.63) is 60.2 Å². The zero-order chi connectivity index (χ0) is 13.0. The third kappa shape index (κ3) is 2.77. The van der Waals surface area contributed by atoms with E-state index in [-0.39, 0.29) is 5.57 Å². The first-order chi connectivity index (χ1) is 8.68. The lowest BCUT2D eigenvalue weighted by molar-refractivity contribution is -0.132. The Morgan fingerprint density at radius 1 is 1.11 bits per heavy atom. The summed E-state index contributed by atoms with van der Waals surface area (Å²) in [4.78, 5) is 10.7. The summed E-state index contributed by atoms with van der Waals surface area (Å²) in [5.74, 6) is -0.895. The molecule has 2 aromatic rings. The van der Waals surface area contributed by atoms with Crippen LogP contribution in [0.4, 0.5) is 0 Å². The highest BCUT2D eigenvalue weighted by Crippen LogP contribution is 2.20. The molecule has 0 fully saturated rings. The summed E-state index contributed by atoms with van der Waals surface area (Å²) < 4.78 is 0. The highest BCUT2D eigenvalue weighted by Gasteiger charge is 2.05. The summed E-state index contributed by atoms with van der Waals surface area (Å²) in [7, 11) is 0. The Labute approximate surface area is 107 Å². The van der Waals surface area contributed by atoms with Gasteiger partial charge in [-0.15, -0.1) is 0 Å². The molecule has 2 rings (SSSR count). The van der Waals surface area contributed by atoms with Gasteiger partial charge in [-0.1, -0.05) is 49.0 Å². The molecule has 0 atom stereocenters. The van der Waals surface area contributed by atoms with Gasteiger partial charge in [0.05, 0.1) is 0 Å². The first-order valence-electron chi connectivity index (χ1n) is 6.06. The number of fused-ring (bicyclic) bond motifs is 1. The maximum atomic E-state index is 10.7. The van der Waals surface area contributed by atoms with Gasteiger partial charge >= 0.3 is 5.97 Å². The molecule has 0 saturated carbocycles. The number of aliphatic carboxylic acids is 1. The van der Waals surface area contributed by atoms with Crippen molar-refractivity contribution in [3.8, 4) is 0 Å². The molecular weight excluding hydrogens is 224 g/mol. The molecule has 0 radical (unpaired) electrons. The van der Waals surface area contributed by atoms with E-state index in [1.54, 1.807) is 0 Å². The largest absolute Gasteiger partial charge is 0.478 e. The van der Waals surface area contributed by atoms with Crippen LogP contribution in [-0.2, 0) is 11.2 Å². The second-order valence-electron chi connectivity index (χ2n) is 4.40. The van der Waals surface area contributed by atoms with Gasteiger partial charge in [0, 0.05) is 5.57 Å². The van der Waals surface area contributed by atoms with Crippen molar-refractivity contribution < 1.29 is 9.90 Å². The summed E-state index contributed by atoms with van der Waals surface area (Å²) in [5.41, 5.74) is 1.56. The Morgan fingerprint density at radius 3 is 2.61 bits per heavy atom. The maximum absolute atomic E-state index is 10.7. The molecule has 0 amide bonds. The van der Waals surface area contributed by atoms with E-state index in [0.717, 1.165) is 12.8 Å². The van der Waals surface area contributed by atoms with Gasteiger partial charge in [-0.3, -0.25) is 0 Å². The first kappa shape index (κ1) is 12.4. The molecule has 0 unspecified atom stereocenters. The molecule has 0 aliphatic rings. The number of aryl methyl sites for hydroxylation is 1. The zero-order valence-electron chi connectivity index (χ0n) is 10.2. The predicted octanol–water partition coefficient (Wildman–Crippen LogP) is 3.80. The minimum atomic E-state index is -0.895. The summed E-state index contributed by atoms with van der Waals surface area (Å²) in [6, 6.07) is 14.5. The van der Waals surface area contributed by atoms with Crippen molar-refractivity contribution >= 4 is 16.7 Å². The summed E-state index contributed by atoms with van der Waals surface area (Å²) in [6.07, 6.45) is 2.24. The van der Waals surface area contributed by atoms with Crippen molar-refractivity contribution in [3.63, 3.8) is 0 Å². The van der Waals surface area contributed by atoms with Crippen LogP contribution in [0.3, 0.4) is 0 Å². The highest BCUT2D eigenvalue weighted by atomic mass is 16.4. The van der Waals surface area contributed by atoms with Gasteiger partial charge in [0.2, 0.25) is 0 Å². The van der Waals surface area contributed by atoms with Crippen LogP contribution in [0.1, 0.15) is 18.4 Å². The van der Waals surface area contributed by atoms with Crippen LogP contribution in [0, 0.1) is 0 Å². The highest BCUT2D eigenvalue weighted by molar-refractivity contribution is 5.86. The van der Waals surface area contributed by atoms with Crippen LogP contribution in [0.2, 0.25) is 0 Å². The average molecular weight is 240 g/mol. The lowest BCUT2D eigenvalue weighted by atomic mass is 9.99. The fourth-order valence-electron chi connectivity index (χ4n) is 2.11. The molecule has 2 nitrogen and oxygen atoms in total. The lowest BCUT2D eigenvalue weighted by Crippen LogP contribution is -1.99. The monoisotopic (exact) mass is 240 g/mol. The minimum absolute atomic E-state index is 0.287. The first-order valence-corrected chi connectivity index (χ1v) is 6.06. The molecule has 0 bridgehead atoms. The second kappa shape index (κ2) is 5.50. The number of rotatable bonds is 5. The Balaban J connectivity index is 2.08. The topological polar surface area (TPSA) is 37.3 Å². The van der Waals surface area contributed by atoms with E-state index >= 15 is 0 Å². The Hall–Kier alpha value is -2.09. The van der Waals surface area contributed by atoms with Crippen molar-refractivity contribution in [1.82, 2.24) is 0 Å². The number of carboxylic acid groups (broad SMARTS) is 1. The van der Waals surface area contributed by atoms with Crippen LogP contribution >= 0.6 is 0 Å². The maximum Gasteiger partial charge on any atom is 0.330 e. The molecule has 0 aliphatic carbocycles. The number of carboxylic acids is 1. The molecule has 0 spiro atoms. The van der Waals surface area contributed by atoms with Crippen molar-refractivity contribution in [2.24, 2.45) is 0 Å². The second-order valence-corrected chi connectivity index (χ2v) is 4.40. The summed E-state index contributed by atoms with van der Waals surface area (Å²) >= 11 is 0. The Morgan fingerprint density at radius 2 is 1.83 bits per heavy atom. The molecular formula is C16H16O2. The number of hydrogen-bond donors (Lipinski definition) is 1. The van der Waals surface area contributed by atoms with E-state index in [1.807, 2.05) is 18.2 Å². The van der Waals surface area contributed by atoms with E-state index in [1.165, 1.54) is 16.3 Å². The van der Waals surface area contributed by atoms with Gasteiger partial charge in [0.25, 0.3) is 0 Å². The quantitative estimate of drug-likeness (QED) is 0.807. The van der Waals surface area contributed by atoms with Crippen LogP contribution in [-0.4, -0.2) is 11.1 Å². The van der Waals surface area contributed by atoms with Gasteiger partial charge in [-0.25, -0.2) is 4.79 Å². The van der Waals surface area contributed by atoms with Gasteiger partial charge in [0.15, 0.2) is 0 Å². The van der Waals surface area contributed by atoms with Crippen LogP contribution in [0.15, 0.2) is 54.6 Å². The van der Waals surface area contributed by atoms with E-state index in [0.29, 0.717) is 6.42 Å². The molecule has 92 valence electrons. The zero-order valence-corrected chi connectivity index (χ0v) is 10.2. The van der Waals surface area contributed by atoms with Gasteiger partial charge in [-0.2, -0.15) is 0 Å². The predicted molar refractivity (Wildman–Crippen MR) is 73.7 cm³/mol.